The summed E-state index contributed by atoms with van der Waals surface area (Å²) in [6.07, 6.45) is 2.99. The molecule has 0 bridgehead atoms. The normalized spacial score (nSPS) is 16.8. The van der Waals surface area contributed by atoms with Crippen LogP contribution in [0.15, 0.2) is 23.2 Å². The number of aryl methyl sites for hydroxylation is 1. The van der Waals surface area contributed by atoms with Gasteiger partial charge >= 0.3 is 0 Å². The van der Waals surface area contributed by atoms with Crippen molar-refractivity contribution in [2.75, 3.05) is 11.1 Å². The predicted octanol–water partition coefficient (Wildman–Crippen LogP) is 3.28. The molecule has 0 aliphatic carbocycles. The number of anilines is 1. The van der Waals surface area contributed by atoms with Crippen LogP contribution in [-0.4, -0.2) is 25.2 Å². The third-order valence-corrected chi connectivity index (χ3v) is 6.19. The average Bonchev–Trinajstić information content (AvgIpc) is 2.82. The van der Waals surface area contributed by atoms with E-state index in [1.807, 2.05) is 0 Å². The van der Waals surface area contributed by atoms with Gasteiger partial charge in [0.15, 0.2) is 9.84 Å². The van der Waals surface area contributed by atoms with Gasteiger partial charge in [-0.15, -0.1) is 0 Å². The number of nitrogens with one attached hydrogen (secondary N) is 1. The molecule has 0 saturated heterocycles. The molecule has 1 N–H and O–H groups in total. The van der Waals surface area contributed by atoms with Crippen LogP contribution in [0.1, 0.15) is 38.3 Å². The van der Waals surface area contributed by atoms with Gasteiger partial charge in [0.05, 0.1) is 27.4 Å². The highest BCUT2D eigenvalue weighted by Crippen LogP contribution is 2.37. The second-order valence-electron chi connectivity index (χ2n) is 6.84. The first kappa shape index (κ1) is 16.7. The first-order chi connectivity index (χ1) is 11.3. The zero-order valence-electron chi connectivity index (χ0n) is 14.1. The van der Waals surface area contributed by atoms with Crippen LogP contribution < -0.4 is 5.32 Å². The summed E-state index contributed by atoms with van der Waals surface area (Å²) in [7, 11) is -3.22. The molecule has 5 nitrogen and oxygen atoms in total. The highest BCUT2D eigenvalue weighted by atomic mass is 32.2. The number of hydrogen-bond donors (Lipinski definition) is 1. The summed E-state index contributed by atoms with van der Waals surface area (Å²) in [5.74, 6) is 0.649. The maximum Gasteiger partial charge on any atom is 0.179 e. The Hall–Kier alpha value is -2.13. The fourth-order valence-corrected chi connectivity index (χ4v) is 5.02. The van der Waals surface area contributed by atoms with Crippen molar-refractivity contribution in [3.63, 3.8) is 0 Å². The standard InChI is InChI=1S/C18H21N3O2S/c1-11(2)8-12(3)21-18-13(9-19)10-20-15-4-5-16-14(17(15)18)6-7-24(16,22)23/h4-5,10-12H,6-8H2,1-3H3,(H,20,21). The van der Waals surface area contributed by atoms with E-state index in [-0.39, 0.29) is 11.8 Å². The number of aromatic nitrogens is 1. The second-order valence-corrected chi connectivity index (χ2v) is 8.92. The van der Waals surface area contributed by atoms with Gasteiger partial charge < -0.3 is 5.32 Å². The molecule has 3 rings (SSSR count). The number of benzene rings is 1. The van der Waals surface area contributed by atoms with Crippen LogP contribution >= 0.6 is 0 Å². The monoisotopic (exact) mass is 343 g/mol. The molecule has 1 aliphatic heterocycles. The largest absolute Gasteiger partial charge is 0.381 e. The van der Waals surface area contributed by atoms with Crippen LogP contribution in [0.25, 0.3) is 10.9 Å². The summed E-state index contributed by atoms with van der Waals surface area (Å²) in [6.45, 7) is 6.38. The van der Waals surface area contributed by atoms with Crippen molar-refractivity contribution < 1.29 is 8.42 Å². The molecular weight excluding hydrogens is 322 g/mol. The van der Waals surface area contributed by atoms with Crippen LogP contribution in [-0.2, 0) is 16.3 Å². The number of fused-ring (bicyclic) bond motifs is 3. The van der Waals surface area contributed by atoms with E-state index >= 15 is 0 Å². The van der Waals surface area contributed by atoms with Gasteiger partial charge in [-0.25, -0.2) is 8.42 Å². The molecule has 1 aliphatic rings. The Balaban J connectivity index is 2.22. The van der Waals surface area contributed by atoms with Crippen LogP contribution in [0.4, 0.5) is 5.69 Å². The first-order valence-corrected chi connectivity index (χ1v) is 9.82. The van der Waals surface area contributed by atoms with Crippen molar-refractivity contribution in [3.05, 3.63) is 29.5 Å². The van der Waals surface area contributed by atoms with Gasteiger partial charge in [-0.2, -0.15) is 5.26 Å². The van der Waals surface area contributed by atoms with Crippen molar-refractivity contribution in [2.45, 2.75) is 44.6 Å². The Morgan fingerprint density at radius 3 is 2.75 bits per heavy atom. The quantitative estimate of drug-likeness (QED) is 0.921. The van der Waals surface area contributed by atoms with Crippen LogP contribution in [0.5, 0.6) is 0 Å². The lowest BCUT2D eigenvalue weighted by atomic mass is 10.00. The SMILES string of the molecule is CC(C)CC(C)Nc1c(C#N)cnc2ccc3c(c12)CCS3(=O)=O. The number of nitriles is 1. The van der Waals surface area contributed by atoms with Crippen LogP contribution in [0.2, 0.25) is 0 Å². The molecule has 1 aromatic heterocycles. The molecule has 0 saturated carbocycles. The highest BCUT2D eigenvalue weighted by molar-refractivity contribution is 7.91. The summed E-state index contributed by atoms with van der Waals surface area (Å²) < 4.78 is 24.4. The summed E-state index contributed by atoms with van der Waals surface area (Å²) in [6, 6.07) is 5.73. The molecular formula is C18H21N3O2S. The second kappa shape index (κ2) is 6.06. The van der Waals surface area contributed by atoms with Crippen LogP contribution in [0.3, 0.4) is 0 Å². The fraction of sp³-hybridized carbons (Fsp3) is 0.444. The molecule has 1 atom stereocenters. The first-order valence-electron chi connectivity index (χ1n) is 8.17. The Morgan fingerprint density at radius 1 is 1.33 bits per heavy atom. The van der Waals surface area contributed by atoms with E-state index in [0.29, 0.717) is 28.5 Å². The van der Waals surface area contributed by atoms with Crippen molar-refractivity contribution in [1.82, 2.24) is 4.98 Å². The zero-order chi connectivity index (χ0) is 17.5. The van der Waals surface area contributed by atoms with Gasteiger partial charge in [-0.1, -0.05) is 13.8 Å². The minimum absolute atomic E-state index is 0.124. The summed E-state index contributed by atoms with van der Waals surface area (Å²) in [5, 5.41) is 13.7. The van der Waals surface area contributed by atoms with Crippen molar-refractivity contribution >= 4 is 26.4 Å². The molecule has 0 radical (unpaired) electrons. The molecule has 2 aromatic rings. The summed E-state index contributed by atoms with van der Waals surface area (Å²) >= 11 is 0. The zero-order valence-corrected chi connectivity index (χ0v) is 14.9. The minimum atomic E-state index is -3.22. The lowest BCUT2D eigenvalue weighted by Gasteiger charge is -2.20. The molecule has 126 valence electrons. The third kappa shape index (κ3) is 2.84. The highest BCUT2D eigenvalue weighted by Gasteiger charge is 2.29. The molecule has 24 heavy (non-hydrogen) atoms. The summed E-state index contributed by atoms with van der Waals surface area (Å²) in [5.41, 5.74) is 2.68. The van der Waals surface area contributed by atoms with E-state index in [2.05, 4.69) is 37.1 Å². The third-order valence-electron chi connectivity index (χ3n) is 4.39. The lowest BCUT2D eigenvalue weighted by molar-refractivity contribution is 0.540. The lowest BCUT2D eigenvalue weighted by Crippen LogP contribution is -2.18. The predicted molar refractivity (Wildman–Crippen MR) is 94.8 cm³/mol. The van der Waals surface area contributed by atoms with E-state index in [4.69, 9.17) is 0 Å². The van der Waals surface area contributed by atoms with Crippen molar-refractivity contribution in [3.8, 4) is 6.07 Å². The molecule has 1 aromatic carbocycles. The Bertz CT molecular complexity index is 943. The van der Waals surface area contributed by atoms with Crippen molar-refractivity contribution in [1.29, 1.82) is 5.26 Å². The van der Waals surface area contributed by atoms with Gasteiger partial charge in [0.25, 0.3) is 0 Å². The summed E-state index contributed by atoms with van der Waals surface area (Å²) in [4.78, 5) is 4.73. The number of pyridine rings is 1. The maximum absolute atomic E-state index is 12.2. The minimum Gasteiger partial charge on any atom is -0.381 e. The topological polar surface area (TPSA) is 82.8 Å². The number of hydrogen-bond acceptors (Lipinski definition) is 5. The van der Waals surface area contributed by atoms with Crippen LogP contribution in [0, 0.1) is 17.2 Å². The van der Waals surface area contributed by atoms with Gasteiger partial charge in [0.2, 0.25) is 0 Å². The van der Waals surface area contributed by atoms with Gasteiger partial charge in [-0.3, -0.25) is 4.98 Å². The van der Waals surface area contributed by atoms with E-state index in [9.17, 15) is 13.7 Å². The maximum atomic E-state index is 12.2. The molecule has 1 unspecified atom stereocenters. The fourth-order valence-electron chi connectivity index (χ4n) is 3.47. The Morgan fingerprint density at radius 2 is 2.08 bits per heavy atom. The van der Waals surface area contributed by atoms with E-state index in [1.54, 1.807) is 18.3 Å². The van der Waals surface area contributed by atoms with E-state index in [1.165, 1.54) is 0 Å². The Kier molecular flexibility index (Phi) is 4.22. The molecule has 2 heterocycles. The van der Waals surface area contributed by atoms with Gasteiger partial charge in [0, 0.05) is 17.6 Å². The van der Waals surface area contributed by atoms with Gasteiger partial charge in [0.1, 0.15) is 6.07 Å². The smallest absolute Gasteiger partial charge is 0.179 e. The Labute approximate surface area is 142 Å². The molecule has 0 amide bonds. The number of sulfone groups is 1. The molecule has 6 heteroatoms. The van der Waals surface area contributed by atoms with Crippen molar-refractivity contribution in [2.24, 2.45) is 5.92 Å². The van der Waals surface area contributed by atoms with Gasteiger partial charge in [-0.05, 0) is 43.4 Å². The number of rotatable bonds is 4. The number of nitrogens with zero attached hydrogens (tertiary/aromatic N) is 2. The van der Waals surface area contributed by atoms with E-state index in [0.717, 1.165) is 22.9 Å². The van der Waals surface area contributed by atoms with E-state index < -0.39 is 9.84 Å². The molecule has 0 fully saturated rings. The average molecular weight is 343 g/mol. The molecule has 0 spiro atoms.